The van der Waals surface area contributed by atoms with Crippen LogP contribution >= 0.6 is 0 Å². The van der Waals surface area contributed by atoms with Crippen molar-refractivity contribution >= 4 is 124 Å². The number of hydrogen-bond donors (Lipinski definition) is 16. The number of esters is 1. The van der Waals surface area contributed by atoms with E-state index in [0.29, 0.717) is 16.7 Å². The zero-order chi connectivity index (χ0) is 101. The number of benzene rings is 3. The Bertz CT molecular complexity index is 5180. The molecule has 0 aliphatic carbocycles. The normalized spacial score (nSPS) is 20.3. The predicted molar refractivity (Wildman–Crippen MR) is 489 cm³/mol. The molecule has 6 fully saturated rings. The van der Waals surface area contributed by atoms with Crippen LogP contribution in [-0.4, -0.2) is 310 Å². The number of aliphatic carboxylic acids is 2. The van der Waals surface area contributed by atoms with Crippen LogP contribution in [0.4, 0.5) is 0 Å². The molecule has 7 heterocycles. The van der Waals surface area contributed by atoms with Crippen molar-refractivity contribution in [3.63, 3.8) is 0 Å². The minimum absolute atomic E-state index is 0.0118. The van der Waals surface area contributed by atoms with Gasteiger partial charge in [-0.25, -0.2) is 14.3 Å². The molecule has 0 bridgehead atoms. The number of aromatic hydroxyl groups is 1. The van der Waals surface area contributed by atoms with Crippen molar-refractivity contribution in [3.8, 4) is 5.75 Å². The number of aromatic nitrogens is 3. The summed E-state index contributed by atoms with van der Waals surface area (Å²) in [6.07, 6.45) is -2.57. The minimum atomic E-state index is -1.86. The molecule has 18 amide bonds. The molecule has 3 aromatic carbocycles. The Morgan fingerprint density at radius 3 is 1.26 bits per heavy atom. The number of likely N-dealkylation sites (tertiary alicyclic amines) is 5. The van der Waals surface area contributed by atoms with E-state index in [0.717, 1.165) is 22.9 Å². The first-order valence-corrected chi connectivity index (χ1v) is 46.9. The summed E-state index contributed by atoms with van der Waals surface area (Å²) in [5, 5.41) is 65.0. The second-order valence-electron chi connectivity index (χ2n) is 36.7. The van der Waals surface area contributed by atoms with Gasteiger partial charge in [0.1, 0.15) is 96.4 Å². The molecule has 139 heavy (non-hydrogen) atoms. The van der Waals surface area contributed by atoms with Crippen LogP contribution in [0.5, 0.6) is 5.75 Å². The van der Waals surface area contributed by atoms with E-state index in [4.69, 9.17) is 21.9 Å². The molecule has 46 heteroatoms. The van der Waals surface area contributed by atoms with Crippen LogP contribution in [0.25, 0.3) is 0 Å². The third kappa shape index (κ3) is 29.7. The van der Waals surface area contributed by atoms with Gasteiger partial charge in [-0.15, -0.1) is 5.10 Å². The van der Waals surface area contributed by atoms with E-state index >= 15 is 28.8 Å². The Labute approximate surface area is 800 Å². The van der Waals surface area contributed by atoms with Crippen LogP contribution in [0.15, 0.2) is 91.1 Å². The number of phenolic OH excluding ortho intramolecular Hbond substituents is 1. The molecule has 0 radical (unpaired) electrons. The number of hydrogen-bond acceptors (Lipinski definition) is 25. The highest BCUT2D eigenvalue weighted by atomic mass is 16.5. The van der Waals surface area contributed by atoms with E-state index in [1.54, 1.807) is 88.4 Å². The third-order valence-electron chi connectivity index (χ3n) is 25.4. The van der Waals surface area contributed by atoms with Gasteiger partial charge in [-0.2, -0.15) is 0 Å². The first kappa shape index (κ1) is 107. The van der Waals surface area contributed by atoms with Crippen molar-refractivity contribution in [1.82, 2.24) is 92.7 Å². The van der Waals surface area contributed by atoms with Crippen molar-refractivity contribution < 1.29 is 121 Å². The van der Waals surface area contributed by atoms with Gasteiger partial charge in [0.05, 0.1) is 19.3 Å². The smallest absolute Gasteiger partial charge is 0.328 e. The first-order valence-electron chi connectivity index (χ1n) is 46.9. The maximum Gasteiger partial charge on any atom is 0.328 e. The Hall–Kier alpha value is -14.5. The molecular weight excluding hydrogens is 1810 g/mol. The second-order valence-corrected chi connectivity index (χ2v) is 36.7. The van der Waals surface area contributed by atoms with Gasteiger partial charge in [-0.3, -0.25) is 91.1 Å². The number of ether oxygens (including phenoxy) is 1. The zero-order valence-corrected chi connectivity index (χ0v) is 78.2. The highest BCUT2D eigenvalue weighted by molar-refractivity contribution is 6.02. The minimum Gasteiger partial charge on any atom is -0.508 e. The predicted octanol–water partition coefficient (Wildman–Crippen LogP) is -2.92. The number of carbonyl (C=O) groups excluding carboxylic acids is 19. The number of amides is 18. The number of carboxylic acids is 2. The second kappa shape index (κ2) is 50.0. The van der Waals surface area contributed by atoms with Gasteiger partial charge in [-0.1, -0.05) is 106 Å². The fourth-order valence-electron chi connectivity index (χ4n) is 18.3. The van der Waals surface area contributed by atoms with E-state index in [9.17, 15) is 87.2 Å². The molecule has 19 N–H and O–H groups in total. The lowest BCUT2D eigenvalue weighted by Crippen LogP contribution is -2.61. The topological polar surface area (TPSA) is 674 Å². The summed E-state index contributed by atoms with van der Waals surface area (Å²) in [5.74, 6) is -19.8. The Morgan fingerprint density at radius 2 is 0.813 bits per heavy atom. The van der Waals surface area contributed by atoms with Gasteiger partial charge in [0.2, 0.25) is 100 Å². The summed E-state index contributed by atoms with van der Waals surface area (Å²) >= 11 is 0. The van der Waals surface area contributed by atoms with E-state index < -0.39 is 266 Å². The van der Waals surface area contributed by atoms with Crippen LogP contribution in [-0.2, 0) is 120 Å². The van der Waals surface area contributed by atoms with E-state index in [-0.39, 0.29) is 165 Å². The Kier molecular flexibility index (Phi) is 38.3. The number of rotatable bonds is 48. The lowest BCUT2D eigenvalue weighted by molar-refractivity contribution is -0.146. The fourth-order valence-corrected chi connectivity index (χ4v) is 18.3. The van der Waals surface area contributed by atoms with Gasteiger partial charge < -0.3 is 115 Å². The van der Waals surface area contributed by atoms with E-state index in [2.05, 4.69) is 63.5 Å². The number of carboxylic acid groups (broad SMARTS) is 2. The monoisotopic (exact) mass is 1940 g/mol. The molecule has 6 aliphatic rings. The van der Waals surface area contributed by atoms with Crippen molar-refractivity contribution in [2.45, 2.75) is 278 Å². The Balaban J connectivity index is 0.903. The number of nitrogens with two attached hydrogens (primary N) is 3. The van der Waals surface area contributed by atoms with Gasteiger partial charge in [-0.05, 0) is 137 Å². The van der Waals surface area contributed by atoms with Crippen molar-refractivity contribution in [3.05, 3.63) is 114 Å². The molecule has 0 spiro atoms. The molecule has 6 saturated heterocycles. The number of nitrogens with one attached hydrogen (secondary N) is 10. The Morgan fingerprint density at radius 1 is 0.432 bits per heavy atom. The highest BCUT2D eigenvalue weighted by Crippen LogP contribution is 2.32. The number of carbonyl (C=O) groups is 21. The molecule has 6 aliphatic heterocycles. The average Bonchev–Trinajstić information content (AvgIpc) is 1.65. The zero-order valence-electron chi connectivity index (χ0n) is 78.2. The van der Waals surface area contributed by atoms with Crippen LogP contribution in [0.1, 0.15) is 196 Å². The van der Waals surface area contributed by atoms with Crippen molar-refractivity contribution in [1.29, 1.82) is 0 Å². The van der Waals surface area contributed by atoms with Crippen molar-refractivity contribution in [2.24, 2.45) is 29.0 Å². The SMILES string of the molecule is COC(=O)[C@H](Cc1ccccc1)NC(=O)c1cn([C@H]2C[C@@H](C(=O)N[C@@H](CCC(=O)O)C(=O)N[C@@H](CC(C)C)C(=O)N3CCC[C@H]3C(=O)N[C@@H](Cc3ccc(O)cc3)C(=O)N3CCC[C@H]3C(=O)N[C@@H](CCC(N)=O)C(=O)O)N(C(=O)[C@H](CCC(N)=O)NC(=O)[C@@H]3CCCN3C(=O)[C@H](Cc3ccccc3)NC(=O)[C@@H]3CCCN3C(=O)[C@H](CCC(N)=O)NC(=O)[C@H](CC(C)C)NC(=O)[C@@H]3CCC(=O)N3)C2)nn1. The van der Waals surface area contributed by atoms with Gasteiger partial charge in [0.15, 0.2) is 5.69 Å². The fraction of sp³-hybridized carbons (Fsp3) is 0.559. The van der Waals surface area contributed by atoms with E-state index in [1.165, 1.54) is 43.9 Å². The molecule has 752 valence electrons. The van der Waals surface area contributed by atoms with E-state index in [1.807, 2.05) is 0 Å². The summed E-state index contributed by atoms with van der Waals surface area (Å²) in [4.78, 5) is 300. The standard InChI is InChI=1S/C93H125N21O25/c1-50(2)42-62(102-78(122)57-31-36-76(119)97-57)80(124)99-59(28-33-73(94)116)87(131)109-38-12-22-70(109)84(128)104-64(44-52-16-8-6-9-17-52)90(134)111-40-13-20-68(111)82(126)100-60(29-34-74(95)117)88(132)113-48-55(114-49-67(107-108-114)81(125)106-66(93(138)139-5)46-53-18-10-7-11-19-53)47-72(113)86(130)98-58(32-37-77(120)121)79(123)103-63(43-51(3)4)89(133)110-39-15-23-71(110)85(129)105-65(45-54-24-26-56(115)27-25-54)91(135)112-41-14-21-69(112)83(127)101-61(92(136)137)30-35-75(96)118/h6-11,16-19,24-27,49-51,55,57-66,68-72,115H,12-15,20-23,28-48H2,1-5H3,(H2,94,116)(H2,95,117)(H2,96,118)(H,97,119)(H,98,130)(H,99,124)(H,100,126)(H,101,127)(H,102,122)(H,103,123)(H,104,128)(H,105,129)(H,106,125)(H,120,121)(H,136,137)/t55-,57-,58-,59-,60-,61-,62-,63-,64-,65-,66-,68-,69-,70-,71-,72-/m0/s1. The van der Waals surface area contributed by atoms with Crippen molar-refractivity contribution in [2.75, 3.05) is 39.8 Å². The molecule has 4 aromatic rings. The summed E-state index contributed by atoms with van der Waals surface area (Å²) < 4.78 is 6.15. The number of primary amides is 3. The molecule has 1 aromatic heterocycles. The molecule has 0 saturated carbocycles. The molecule has 10 rings (SSSR count). The maximum absolute atomic E-state index is 15.9. The number of nitrogens with zero attached hydrogens (tertiary/aromatic N) is 8. The van der Waals surface area contributed by atoms with Crippen LogP contribution in [0.2, 0.25) is 0 Å². The highest BCUT2D eigenvalue weighted by Gasteiger charge is 2.50. The summed E-state index contributed by atoms with van der Waals surface area (Å²) in [6, 6.07) is -0.00683. The summed E-state index contributed by atoms with van der Waals surface area (Å²) in [6.45, 7) is 6.25. The van der Waals surface area contributed by atoms with Gasteiger partial charge in [0.25, 0.3) is 5.91 Å². The lowest BCUT2D eigenvalue weighted by atomic mass is 10.0. The summed E-state index contributed by atoms with van der Waals surface area (Å²) in [5.41, 5.74) is 17.8. The number of methoxy groups -OCH3 is 1. The van der Waals surface area contributed by atoms with Crippen LogP contribution < -0.4 is 70.4 Å². The van der Waals surface area contributed by atoms with Gasteiger partial charge >= 0.3 is 17.9 Å². The van der Waals surface area contributed by atoms with Crippen LogP contribution in [0, 0.1) is 11.8 Å². The molecule has 16 atom stereocenters. The largest absolute Gasteiger partial charge is 0.508 e. The average molecular weight is 1940 g/mol. The molecular formula is C93H125N21O25. The number of phenols is 1. The first-order chi connectivity index (χ1) is 66.1. The quantitative estimate of drug-likeness (QED) is 0.0197. The van der Waals surface area contributed by atoms with Gasteiger partial charge in [0, 0.05) is 90.5 Å². The maximum atomic E-state index is 15.9. The summed E-state index contributed by atoms with van der Waals surface area (Å²) in [7, 11) is 1.12. The molecule has 46 nitrogen and oxygen atoms in total. The molecule has 0 unspecified atom stereocenters. The lowest BCUT2D eigenvalue weighted by Gasteiger charge is -2.33. The third-order valence-corrected chi connectivity index (χ3v) is 25.4. The van der Waals surface area contributed by atoms with Crippen LogP contribution in [0.3, 0.4) is 0 Å².